The number of hydrogen-bond donors (Lipinski definition) is 0. The molecule has 0 amide bonds. The molecule has 0 radical (unpaired) electrons. The predicted octanol–water partition coefficient (Wildman–Crippen LogP) is 12.2. The van der Waals surface area contributed by atoms with Crippen molar-refractivity contribution in [3.05, 3.63) is 182 Å². The fourth-order valence-electron chi connectivity index (χ4n) is 7.36. The van der Waals surface area contributed by atoms with Gasteiger partial charge in [0.05, 0.1) is 11.0 Å². The highest BCUT2D eigenvalue weighted by Crippen LogP contribution is 2.41. The molecule has 4 heteroatoms. The van der Waals surface area contributed by atoms with Crippen LogP contribution in [0.1, 0.15) is 0 Å². The van der Waals surface area contributed by atoms with Crippen LogP contribution >= 0.6 is 0 Å². The van der Waals surface area contributed by atoms with Gasteiger partial charge in [0, 0.05) is 43.8 Å². The van der Waals surface area contributed by atoms with Crippen LogP contribution in [0.5, 0.6) is 0 Å². The second-order valence-corrected chi connectivity index (χ2v) is 13.1. The fourth-order valence-corrected chi connectivity index (χ4v) is 7.36. The highest BCUT2D eigenvalue weighted by atomic mass is 15.0. The maximum atomic E-state index is 5.39. The molecule has 0 aliphatic rings. The molecule has 52 heavy (non-hydrogen) atoms. The Hall–Kier alpha value is -7.04. The third-order valence-electron chi connectivity index (χ3n) is 9.87. The van der Waals surface area contributed by atoms with Crippen LogP contribution in [0.2, 0.25) is 0 Å². The lowest BCUT2D eigenvalue weighted by Crippen LogP contribution is -2.00. The topological polar surface area (TPSA) is 51.6 Å². The molecule has 0 unspecified atom stereocenters. The maximum absolute atomic E-state index is 5.39. The van der Waals surface area contributed by atoms with Crippen molar-refractivity contribution in [2.45, 2.75) is 0 Å². The highest BCUT2D eigenvalue weighted by molar-refractivity contribution is 6.21. The van der Waals surface area contributed by atoms with Crippen molar-refractivity contribution >= 4 is 43.4 Å². The van der Waals surface area contributed by atoms with Gasteiger partial charge in [-0.2, -0.15) is 0 Å². The number of fused-ring (bicyclic) bond motifs is 6. The minimum absolute atomic E-state index is 0.620. The van der Waals surface area contributed by atoms with Gasteiger partial charge in [-0.25, -0.2) is 19.9 Å². The van der Waals surface area contributed by atoms with Gasteiger partial charge in [0.25, 0.3) is 0 Å². The van der Waals surface area contributed by atoms with Crippen molar-refractivity contribution < 1.29 is 0 Å². The molecule has 10 aromatic rings. The molecule has 0 N–H and O–H groups in total. The molecule has 8 aromatic carbocycles. The summed E-state index contributed by atoms with van der Waals surface area (Å²) in [6, 6.07) is 63.4. The molecule has 0 fully saturated rings. The van der Waals surface area contributed by atoms with Gasteiger partial charge >= 0.3 is 0 Å². The van der Waals surface area contributed by atoms with Crippen LogP contribution in [0.15, 0.2) is 182 Å². The minimum atomic E-state index is 0.620. The SMILES string of the molecule is c1ccc(-c2cccc(-c3nc(-c4ccccc4)nc(-c4cccc(-c5c6ccc7ccccc7c6nc6c5ccc5ccccc56)c4)n3)c2)cc1. The number of benzene rings is 8. The normalized spacial score (nSPS) is 11.5. The van der Waals surface area contributed by atoms with E-state index in [0.717, 1.165) is 71.5 Å². The van der Waals surface area contributed by atoms with E-state index in [-0.39, 0.29) is 0 Å². The van der Waals surface area contributed by atoms with E-state index >= 15 is 0 Å². The van der Waals surface area contributed by atoms with Crippen LogP contribution in [-0.2, 0) is 0 Å². The second kappa shape index (κ2) is 12.4. The molecule has 0 aliphatic heterocycles. The van der Waals surface area contributed by atoms with E-state index in [0.29, 0.717) is 17.5 Å². The smallest absolute Gasteiger partial charge is 0.164 e. The molecule has 0 spiro atoms. The summed E-state index contributed by atoms with van der Waals surface area (Å²) in [5, 5.41) is 6.84. The average Bonchev–Trinajstić information content (AvgIpc) is 3.23. The fraction of sp³-hybridized carbons (Fsp3) is 0. The first-order valence-electron chi connectivity index (χ1n) is 17.5. The molecule has 0 aliphatic carbocycles. The van der Waals surface area contributed by atoms with E-state index in [9.17, 15) is 0 Å². The number of pyridine rings is 1. The summed E-state index contributed by atoms with van der Waals surface area (Å²) in [6.07, 6.45) is 0. The van der Waals surface area contributed by atoms with Gasteiger partial charge in [0.15, 0.2) is 17.5 Å². The molecular formula is C48H30N4. The molecular weight excluding hydrogens is 633 g/mol. The zero-order valence-corrected chi connectivity index (χ0v) is 28.1. The largest absolute Gasteiger partial charge is 0.246 e. The van der Waals surface area contributed by atoms with Crippen LogP contribution in [-0.4, -0.2) is 19.9 Å². The van der Waals surface area contributed by atoms with Gasteiger partial charge < -0.3 is 0 Å². The Bertz CT molecular complexity index is 2860. The molecule has 0 atom stereocenters. The summed E-state index contributed by atoms with van der Waals surface area (Å²) in [7, 11) is 0. The zero-order chi connectivity index (χ0) is 34.4. The van der Waals surface area contributed by atoms with Crippen molar-refractivity contribution in [1.82, 2.24) is 19.9 Å². The van der Waals surface area contributed by atoms with Gasteiger partial charge in [-0.3, -0.25) is 0 Å². The van der Waals surface area contributed by atoms with Gasteiger partial charge in [0.2, 0.25) is 0 Å². The quantitative estimate of drug-likeness (QED) is 0.136. The Morgan fingerprint density at radius 1 is 0.250 bits per heavy atom. The Balaban J connectivity index is 1.20. The first-order valence-corrected chi connectivity index (χ1v) is 17.5. The Morgan fingerprint density at radius 3 is 1.25 bits per heavy atom. The lowest BCUT2D eigenvalue weighted by atomic mass is 9.92. The molecule has 0 saturated heterocycles. The third kappa shape index (κ3) is 5.17. The van der Waals surface area contributed by atoms with E-state index < -0.39 is 0 Å². The van der Waals surface area contributed by atoms with E-state index in [2.05, 4.69) is 146 Å². The van der Waals surface area contributed by atoms with Crippen molar-refractivity contribution in [2.75, 3.05) is 0 Å². The Labute approximate surface area is 300 Å². The molecule has 0 saturated carbocycles. The van der Waals surface area contributed by atoms with Crippen molar-refractivity contribution in [1.29, 1.82) is 0 Å². The second-order valence-electron chi connectivity index (χ2n) is 13.1. The van der Waals surface area contributed by atoms with Crippen molar-refractivity contribution in [3.8, 4) is 56.4 Å². The van der Waals surface area contributed by atoms with Gasteiger partial charge in [-0.15, -0.1) is 0 Å². The monoisotopic (exact) mass is 662 g/mol. The summed E-state index contributed by atoms with van der Waals surface area (Å²) >= 11 is 0. The standard InChI is InChI=1S/C48H30N4/c1-3-13-31(14-4-1)35-19-11-21-37(29-35)47-50-46(34-17-5-2-6-18-34)51-48(52-47)38-22-12-20-36(30-38)43-41-27-25-32-15-7-9-23-39(32)44(41)49-45-40-24-10-8-16-33(40)26-28-42(43)45/h1-30H. The number of hydrogen-bond acceptors (Lipinski definition) is 4. The van der Waals surface area contributed by atoms with Crippen LogP contribution in [0.3, 0.4) is 0 Å². The number of rotatable bonds is 5. The first kappa shape index (κ1) is 29.8. The molecule has 0 bridgehead atoms. The van der Waals surface area contributed by atoms with E-state index in [4.69, 9.17) is 19.9 Å². The first-order chi connectivity index (χ1) is 25.8. The van der Waals surface area contributed by atoms with Crippen LogP contribution in [0, 0.1) is 0 Å². The summed E-state index contributed by atoms with van der Waals surface area (Å²) in [5.41, 5.74) is 9.25. The Kier molecular flexibility index (Phi) is 7.10. The summed E-state index contributed by atoms with van der Waals surface area (Å²) in [6.45, 7) is 0. The molecule has 2 aromatic heterocycles. The van der Waals surface area contributed by atoms with Crippen LogP contribution in [0.25, 0.3) is 99.8 Å². The van der Waals surface area contributed by atoms with Gasteiger partial charge in [-0.05, 0) is 39.6 Å². The van der Waals surface area contributed by atoms with Crippen molar-refractivity contribution in [2.24, 2.45) is 0 Å². The molecule has 2 heterocycles. The molecule has 4 nitrogen and oxygen atoms in total. The van der Waals surface area contributed by atoms with Gasteiger partial charge in [-0.1, -0.05) is 170 Å². The molecule has 10 rings (SSSR count). The number of aromatic nitrogens is 4. The van der Waals surface area contributed by atoms with Gasteiger partial charge in [0.1, 0.15) is 0 Å². The number of nitrogens with zero attached hydrogens (tertiary/aromatic N) is 4. The third-order valence-corrected chi connectivity index (χ3v) is 9.87. The van der Waals surface area contributed by atoms with Crippen molar-refractivity contribution in [3.63, 3.8) is 0 Å². The van der Waals surface area contributed by atoms with E-state index in [1.165, 1.54) is 10.8 Å². The Morgan fingerprint density at radius 2 is 0.673 bits per heavy atom. The lowest BCUT2D eigenvalue weighted by Gasteiger charge is -2.15. The summed E-state index contributed by atoms with van der Waals surface area (Å²) in [5.74, 6) is 1.88. The van der Waals surface area contributed by atoms with E-state index in [1.807, 2.05) is 36.4 Å². The maximum Gasteiger partial charge on any atom is 0.164 e. The predicted molar refractivity (Wildman–Crippen MR) is 215 cm³/mol. The zero-order valence-electron chi connectivity index (χ0n) is 28.1. The summed E-state index contributed by atoms with van der Waals surface area (Å²) < 4.78 is 0. The minimum Gasteiger partial charge on any atom is -0.246 e. The van der Waals surface area contributed by atoms with Crippen LogP contribution in [0.4, 0.5) is 0 Å². The van der Waals surface area contributed by atoms with E-state index in [1.54, 1.807) is 0 Å². The van der Waals surface area contributed by atoms with Crippen LogP contribution < -0.4 is 0 Å². The molecule has 242 valence electrons. The highest BCUT2D eigenvalue weighted by Gasteiger charge is 2.18. The summed E-state index contributed by atoms with van der Waals surface area (Å²) in [4.78, 5) is 20.6. The average molecular weight is 663 g/mol. The lowest BCUT2D eigenvalue weighted by molar-refractivity contribution is 1.07.